The van der Waals surface area contributed by atoms with E-state index in [0.29, 0.717) is 0 Å². The van der Waals surface area contributed by atoms with E-state index in [1.54, 1.807) is 13.8 Å². The summed E-state index contributed by atoms with van der Waals surface area (Å²) in [5.41, 5.74) is 0. The Balaban J connectivity index is 2.89. The van der Waals surface area contributed by atoms with Crippen LogP contribution in [0.25, 0.3) is 0 Å². The van der Waals surface area contributed by atoms with Gasteiger partial charge in [0.1, 0.15) is 5.92 Å². The molecule has 0 amide bonds. The molecule has 0 saturated carbocycles. The van der Waals surface area contributed by atoms with Crippen molar-refractivity contribution < 1.29 is 22.5 Å². The lowest BCUT2D eigenvalue weighted by molar-refractivity contribution is -0.172. The van der Waals surface area contributed by atoms with Gasteiger partial charge in [-0.2, -0.15) is 18.2 Å². The van der Waals surface area contributed by atoms with Crippen molar-refractivity contribution in [1.29, 1.82) is 0 Å². The fourth-order valence-corrected chi connectivity index (χ4v) is 1.02. The SMILES string of the molecule is CC(C)c1noc(C(C)C(=O)C(F)(F)F)n1. The molecule has 0 radical (unpaired) electrons. The number of Topliss-reactive ketones (excluding diaryl/α,β-unsaturated/α-hetero) is 1. The number of nitrogens with zero attached hydrogens (tertiary/aromatic N) is 2. The highest BCUT2D eigenvalue weighted by molar-refractivity contribution is 5.89. The molecule has 1 aromatic rings. The topological polar surface area (TPSA) is 56.0 Å². The highest BCUT2D eigenvalue weighted by Gasteiger charge is 2.44. The van der Waals surface area contributed by atoms with Crippen LogP contribution in [0.15, 0.2) is 4.52 Å². The predicted octanol–water partition coefficient (Wildman–Crippen LogP) is 2.43. The Bertz CT molecular complexity index is 384. The maximum absolute atomic E-state index is 12.1. The third-order valence-electron chi connectivity index (χ3n) is 2.02. The van der Waals surface area contributed by atoms with Crippen molar-refractivity contribution in [2.75, 3.05) is 0 Å². The van der Waals surface area contributed by atoms with E-state index < -0.39 is 17.9 Å². The van der Waals surface area contributed by atoms with Crippen LogP contribution >= 0.6 is 0 Å². The zero-order valence-electron chi connectivity index (χ0n) is 9.00. The quantitative estimate of drug-likeness (QED) is 0.808. The van der Waals surface area contributed by atoms with Crippen molar-refractivity contribution in [2.45, 2.75) is 38.8 Å². The second-order valence-electron chi connectivity index (χ2n) is 3.73. The van der Waals surface area contributed by atoms with Crippen LogP contribution in [0.5, 0.6) is 0 Å². The lowest BCUT2D eigenvalue weighted by Gasteiger charge is -2.08. The van der Waals surface area contributed by atoms with Crippen LogP contribution in [-0.4, -0.2) is 22.1 Å². The average molecular weight is 236 g/mol. The zero-order chi connectivity index (χ0) is 12.5. The summed E-state index contributed by atoms with van der Waals surface area (Å²) < 4.78 is 41.0. The molecule has 16 heavy (non-hydrogen) atoms. The summed E-state index contributed by atoms with van der Waals surface area (Å²) in [6.07, 6.45) is -4.88. The highest BCUT2D eigenvalue weighted by atomic mass is 19.4. The number of halogens is 3. The minimum atomic E-state index is -4.88. The second kappa shape index (κ2) is 4.23. The highest BCUT2D eigenvalue weighted by Crippen LogP contribution is 2.26. The number of ketones is 1. The maximum Gasteiger partial charge on any atom is 0.450 e. The van der Waals surface area contributed by atoms with E-state index in [1.807, 2.05) is 0 Å². The monoisotopic (exact) mass is 236 g/mol. The molecule has 0 aliphatic carbocycles. The summed E-state index contributed by atoms with van der Waals surface area (Å²) in [4.78, 5) is 14.6. The van der Waals surface area contributed by atoms with Crippen molar-refractivity contribution in [3.05, 3.63) is 11.7 Å². The lowest BCUT2D eigenvalue weighted by Crippen LogP contribution is -2.27. The van der Waals surface area contributed by atoms with Crippen LogP contribution in [0.3, 0.4) is 0 Å². The number of carbonyl (C=O) groups is 1. The molecule has 0 N–H and O–H groups in total. The van der Waals surface area contributed by atoms with E-state index >= 15 is 0 Å². The summed E-state index contributed by atoms with van der Waals surface area (Å²) in [5, 5.41) is 3.50. The first-order chi connectivity index (χ1) is 7.23. The molecule has 0 saturated heterocycles. The summed E-state index contributed by atoms with van der Waals surface area (Å²) in [6.45, 7) is 4.63. The molecule has 1 atom stereocenters. The Morgan fingerprint density at radius 1 is 1.31 bits per heavy atom. The van der Waals surface area contributed by atoms with Crippen molar-refractivity contribution in [2.24, 2.45) is 0 Å². The normalized spacial score (nSPS) is 14.2. The number of carbonyl (C=O) groups excluding carboxylic acids is 1. The zero-order valence-corrected chi connectivity index (χ0v) is 9.00. The molecule has 1 heterocycles. The van der Waals surface area contributed by atoms with Gasteiger partial charge in [-0.15, -0.1) is 0 Å². The van der Waals surface area contributed by atoms with Gasteiger partial charge in [-0.05, 0) is 6.92 Å². The Kier molecular flexibility index (Phi) is 3.35. The minimum Gasteiger partial charge on any atom is -0.339 e. The van der Waals surface area contributed by atoms with E-state index in [0.717, 1.165) is 6.92 Å². The molecule has 0 spiro atoms. The summed E-state index contributed by atoms with van der Waals surface area (Å²) >= 11 is 0. The summed E-state index contributed by atoms with van der Waals surface area (Å²) in [6, 6.07) is 0. The second-order valence-corrected chi connectivity index (χ2v) is 3.73. The molecule has 0 fully saturated rings. The van der Waals surface area contributed by atoms with Gasteiger partial charge < -0.3 is 4.52 Å². The molecule has 0 aromatic carbocycles. The molecule has 1 unspecified atom stereocenters. The van der Waals surface area contributed by atoms with Crippen molar-refractivity contribution in [3.63, 3.8) is 0 Å². The van der Waals surface area contributed by atoms with Crippen LogP contribution in [-0.2, 0) is 4.79 Å². The Morgan fingerprint density at radius 2 is 1.88 bits per heavy atom. The fourth-order valence-electron chi connectivity index (χ4n) is 1.02. The third kappa shape index (κ3) is 2.59. The van der Waals surface area contributed by atoms with E-state index in [-0.39, 0.29) is 17.6 Å². The van der Waals surface area contributed by atoms with Crippen molar-refractivity contribution in [3.8, 4) is 0 Å². The van der Waals surface area contributed by atoms with Gasteiger partial charge in [0.15, 0.2) is 5.82 Å². The molecule has 1 rings (SSSR count). The number of aromatic nitrogens is 2. The standard InChI is InChI=1S/C9H11F3N2O2/c1-4(2)7-13-8(16-14-7)5(3)6(15)9(10,11)12/h4-5H,1-3H3. The van der Waals surface area contributed by atoms with E-state index in [2.05, 4.69) is 14.7 Å². The smallest absolute Gasteiger partial charge is 0.339 e. The summed E-state index contributed by atoms with van der Waals surface area (Å²) in [5.74, 6) is -3.42. The molecule has 90 valence electrons. The molecule has 7 heteroatoms. The van der Waals surface area contributed by atoms with Gasteiger partial charge >= 0.3 is 6.18 Å². The van der Waals surface area contributed by atoms with Gasteiger partial charge in [-0.3, -0.25) is 4.79 Å². The third-order valence-corrected chi connectivity index (χ3v) is 2.02. The molecule has 4 nitrogen and oxygen atoms in total. The predicted molar refractivity (Wildman–Crippen MR) is 47.9 cm³/mol. The van der Waals surface area contributed by atoms with Crippen LogP contribution < -0.4 is 0 Å². The van der Waals surface area contributed by atoms with Gasteiger partial charge in [0.2, 0.25) is 11.7 Å². The molecule has 0 aliphatic rings. The first kappa shape index (κ1) is 12.7. The minimum absolute atomic E-state index is 0.0642. The average Bonchev–Trinajstić information content (AvgIpc) is 2.62. The maximum atomic E-state index is 12.1. The van der Waals surface area contributed by atoms with Gasteiger partial charge in [0.25, 0.3) is 0 Å². The first-order valence-electron chi connectivity index (χ1n) is 4.68. The number of rotatable bonds is 3. The van der Waals surface area contributed by atoms with Crippen molar-refractivity contribution in [1.82, 2.24) is 10.1 Å². The van der Waals surface area contributed by atoms with Crippen LogP contribution in [0.4, 0.5) is 13.2 Å². The van der Waals surface area contributed by atoms with Crippen LogP contribution in [0.1, 0.15) is 44.3 Å². The number of alkyl halides is 3. The van der Waals surface area contributed by atoms with E-state index in [4.69, 9.17) is 0 Å². The number of hydrogen-bond acceptors (Lipinski definition) is 4. The Labute approximate surface area is 89.8 Å². The molecule has 0 bridgehead atoms. The lowest BCUT2D eigenvalue weighted by atomic mass is 10.1. The molecule has 0 aliphatic heterocycles. The van der Waals surface area contributed by atoms with Gasteiger partial charge in [0.05, 0.1) is 0 Å². The van der Waals surface area contributed by atoms with Gasteiger partial charge in [0, 0.05) is 5.92 Å². The van der Waals surface area contributed by atoms with E-state index in [1.165, 1.54) is 0 Å². The molecule has 1 aromatic heterocycles. The number of hydrogen-bond donors (Lipinski definition) is 0. The van der Waals surface area contributed by atoms with Crippen molar-refractivity contribution >= 4 is 5.78 Å². The molecular weight excluding hydrogens is 225 g/mol. The largest absolute Gasteiger partial charge is 0.450 e. The van der Waals surface area contributed by atoms with E-state index in [9.17, 15) is 18.0 Å². The van der Waals surface area contributed by atoms with Gasteiger partial charge in [-0.25, -0.2) is 0 Å². The first-order valence-corrected chi connectivity index (χ1v) is 4.68. The fraction of sp³-hybridized carbons (Fsp3) is 0.667. The Hall–Kier alpha value is -1.40. The van der Waals surface area contributed by atoms with Crippen LogP contribution in [0, 0.1) is 0 Å². The van der Waals surface area contributed by atoms with Gasteiger partial charge in [-0.1, -0.05) is 19.0 Å². The Morgan fingerprint density at radius 3 is 2.25 bits per heavy atom. The summed E-state index contributed by atoms with van der Waals surface area (Å²) in [7, 11) is 0. The van der Waals surface area contributed by atoms with Crippen LogP contribution in [0.2, 0.25) is 0 Å². The molecular formula is C9H11F3N2O2.